The maximum atomic E-state index is 11.2. The van der Waals surface area contributed by atoms with E-state index in [4.69, 9.17) is 0 Å². The smallest absolute Gasteiger partial charge is 0.306 e. The molecule has 14 heavy (non-hydrogen) atoms. The van der Waals surface area contributed by atoms with Crippen molar-refractivity contribution in [2.75, 3.05) is 18.0 Å². The van der Waals surface area contributed by atoms with Gasteiger partial charge in [0, 0.05) is 18.8 Å². The van der Waals surface area contributed by atoms with Crippen LogP contribution in [0.3, 0.4) is 0 Å². The van der Waals surface area contributed by atoms with Crippen molar-refractivity contribution in [3.05, 3.63) is 15.4 Å². The number of hydrogen-bond donors (Lipinski definition) is 1. The summed E-state index contributed by atoms with van der Waals surface area (Å²) in [7, 11) is 0. The minimum absolute atomic E-state index is 0.0711. The zero-order valence-electron chi connectivity index (χ0n) is 8.51. The minimum Gasteiger partial charge on any atom is -0.362 e. The fraction of sp³-hybridized carbons (Fsp3) is 0.700. The van der Waals surface area contributed by atoms with Crippen molar-refractivity contribution in [3.8, 4) is 0 Å². The SMILES string of the molecule is Cc1[nH]c(=O)sc1N1CCCCCC1. The van der Waals surface area contributed by atoms with Crippen LogP contribution in [-0.4, -0.2) is 18.1 Å². The van der Waals surface area contributed by atoms with Crippen LogP contribution in [-0.2, 0) is 0 Å². The van der Waals surface area contributed by atoms with E-state index in [0.717, 1.165) is 23.8 Å². The molecule has 2 heterocycles. The van der Waals surface area contributed by atoms with Crippen LogP contribution in [0.2, 0.25) is 0 Å². The number of aromatic amines is 1. The number of hydrogen-bond acceptors (Lipinski definition) is 3. The monoisotopic (exact) mass is 212 g/mol. The van der Waals surface area contributed by atoms with Crippen LogP contribution in [0.25, 0.3) is 0 Å². The summed E-state index contributed by atoms with van der Waals surface area (Å²) in [6.07, 6.45) is 5.17. The molecular formula is C10H16N2OS. The van der Waals surface area contributed by atoms with Crippen molar-refractivity contribution in [2.24, 2.45) is 0 Å². The van der Waals surface area contributed by atoms with Crippen molar-refractivity contribution >= 4 is 16.3 Å². The van der Waals surface area contributed by atoms with Gasteiger partial charge in [-0.3, -0.25) is 4.79 Å². The van der Waals surface area contributed by atoms with E-state index in [9.17, 15) is 4.79 Å². The van der Waals surface area contributed by atoms with Crippen LogP contribution in [0.1, 0.15) is 31.4 Å². The van der Waals surface area contributed by atoms with Gasteiger partial charge in [-0.25, -0.2) is 0 Å². The summed E-state index contributed by atoms with van der Waals surface area (Å²) in [5.74, 6) is 0. The molecule has 0 unspecified atom stereocenters. The normalized spacial score (nSPS) is 18.2. The Morgan fingerprint density at radius 3 is 2.36 bits per heavy atom. The third kappa shape index (κ3) is 2.00. The summed E-state index contributed by atoms with van der Waals surface area (Å²) < 4.78 is 0. The second-order valence-corrected chi connectivity index (χ2v) is 4.81. The molecule has 0 bridgehead atoms. The first-order chi connectivity index (χ1) is 6.77. The molecule has 0 atom stereocenters. The van der Waals surface area contributed by atoms with Gasteiger partial charge in [-0.05, 0) is 19.8 Å². The maximum Gasteiger partial charge on any atom is 0.306 e. The van der Waals surface area contributed by atoms with Gasteiger partial charge in [0.15, 0.2) is 0 Å². The molecule has 0 saturated carbocycles. The first-order valence-corrected chi connectivity index (χ1v) is 6.03. The van der Waals surface area contributed by atoms with Crippen LogP contribution in [0.4, 0.5) is 5.00 Å². The molecule has 1 aliphatic rings. The third-order valence-corrected chi connectivity index (χ3v) is 3.74. The summed E-state index contributed by atoms with van der Waals surface area (Å²) in [6, 6.07) is 0. The lowest BCUT2D eigenvalue weighted by molar-refractivity contribution is 0.726. The van der Waals surface area contributed by atoms with Crippen molar-refractivity contribution in [1.82, 2.24) is 4.98 Å². The maximum absolute atomic E-state index is 11.2. The molecule has 1 N–H and O–H groups in total. The minimum atomic E-state index is 0.0711. The molecule has 0 amide bonds. The second kappa shape index (κ2) is 4.17. The van der Waals surface area contributed by atoms with E-state index in [0.29, 0.717) is 0 Å². The van der Waals surface area contributed by atoms with Gasteiger partial charge in [0.25, 0.3) is 0 Å². The first-order valence-electron chi connectivity index (χ1n) is 5.22. The lowest BCUT2D eigenvalue weighted by atomic mass is 10.2. The predicted octanol–water partition coefficient (Wildman–Crippen LogP) is 2.13. The molecule has 3 nitrogen and oxygen atoms in total. The first kappa shape index (κ1) is 9.77. The molecular weight excluding hydrogens is 196 g/mol. The lowest BCUT2D eigenvalue weighted by Gasteiger charge is -2.20. The quantitative estimate of drug-likeness (QED) is 0.774. The second-order valence-electron chi connectivity index (χ2n) is 3.85. The number of thiazole rings is 1. The molecule has 1 saturated heterocycles. The van der Waals surface area contributed by atoms with E-state index in [2.05, 4.69) is 9.88 Å². The standard InChI is InChI=1S/C10H16N2OS/c1-8-9(14-10(13)11-8)12-6-4-2-3-5-7-12/h2-7H2,1H3,(H,11,13). The molecule has 78 valence electrons. The highest BCUT2D eigenvalue weighted by Gasteiger charge is 2.14. The topological polar surface area (TPSA) is 36.1 Å². The number of anilines is 1. The van der Waals surface area contributed by atoms with Gasteiger partial charge < -0.3 is 9.88 Å². The highest BCUT2D eigenvalue weighted by Crippen LogP contribution is 2.24. The molecule has 0 aliphatic carbocycles. The van der Waals surface area contributed by atoms with Gasteiger partial charge in [-0.15, -0.1) is 0 Å². The summed E-state index contributed by atoms with van der Waals surface area (Å²) in [4.78, 5) is 16.4. The van der Waals surface area contributed by atoms with Crippen molar-refractivity contribution < 1.29 is 0 Å². The highest BCUT2D eigenvalue weighted by atomic mass is 32.1. The molecule has 1 fully saturated rings. The Morgan fingerprint density at radius 1 is 1.21 bits per heavy atom. The number of rotatable bonds is 1. The van der Waals surface area contributed by atoms with Gasteiger partial charge in [0.05, 0.1) is 0 Å². The van der Waals surface area contributed by atoms with Crippen LogP contribution >= 0.6 is 11.3 Å². The van der Waals surface area contributed by atoms with Gasteiger partial charge in [0.2, 0.25) is 0 Å². The fourth-order valence-electron chi connectivity index (χ4n) is 1.97. The van der Waals surface area contributed by atoms with Gasteiger partial charge >= 0.3 is 4.87 Å². The Balaban J connectivity index is 2.20. The molecule has 0 radical (unpaired) electrons. The third-order valence-electron chi connectivity index (χ3n) is 2.69. The van der Waals surface area contributed by atoms with Crippen molar-refractivity contribution in [1.29, 1.82) is 0 Å². The van der Waals surface area contributed by atoms with Crippen LogP contribution in [0.5, 0.6) is 0 Å². The van der Waals surface area contributed by atoms with E-state index < -0.39 is 0 Å². The molecule has 0 aromatic carbocycles. The summed E-state index contributed by atoms with van der Waals surface area (Å²) in [5.41, 5.74) is 1.03. The van der Waals surface area contributed by atoms with Crippen LogP contribution in [0.15, 0.2) is 4.79 Å². The summed E-state index contributed by atoms with van der Waals surface area (Å²) in [5, 5.41) is 1.15. The predicted molar refractivity (Wildman–Crippen MR) is 60.4 cm³/mol. The molecule has 1 aliphatic heterocycles. The molecule has 1 aromatic rings. The highest BCUT2D eigenvalue weighted by molar-refractivity contribution is 7.13. The largest absolute Gasteiger partial charge is 0.362 e. The number of nitrogens with zero attached hydrogens (tertiary/aromatic N) is 1. The zero-order chi connectivity index (χ0) is 9.97. The Morgan fingerprint density at radius 2 is 1.86 bits per heavy atom. The van der Waals surface area contributed by atoms with E-state index in [1.807, 2.05) is 6.92 Å². The van der Waals surface area contributed by atoms with E-state index >= 15 is 0 Å². The lowest BCUT2D eigenvalue weighted by Crippen LogP contribution is -2.23. The number of H-pyrrole nitrogens is 1. The number of aromatic nitrogens is 1. The molecule has 2 rings (SSSR count). The summed E-state index contributed by atoms with van der Waals surface area (Å²) >= 11 is 1.34. The van der Waals surface area contributed by atoms with E-state index in [1.54, 1.807) is 0 Å². The Hall–Kier alpha value is -0.770. The fourth-order valence-corrected chi connectivity index (χ4v) is 2.87. The molecule has 4 heteroatoms. The zero-order valence-corrected chi connectivity index (χ0v) is 9.32. The Kier molecular flexibility index (Phi) is 2.91. The number of aryl methyl sites for hydroxylation is 1. The van der Waals surface area contributed by atoms with Crippen LogP contribution < -0.4 is 9.77 Å². The van der Waals surface area contributed by atoms with E-state index in [1.165, 1.54) is 37.0 Å². The summed E-state index contributed by atoms with van der Waals surface area (Å²) in [6.45, 7) is 4.20. The molecule has 1 aromatic heterocycles. The average Bonchev–Trinajstić information content (AvgIpc) is 2.43. The van der Waals surface area contributed by atoms with Gasteiger partial charge in [0.1, 0.15) is 5.00 Å². The van der Waals surface area contributed by atoms with Crippen LogP contribution in [0, 0.1) is 6.92 Å². The number of nitrogens with one attached hydrogen (secondary N) is 1. The van der Waals surface area contributed by atoms with Gasteiger partial charge in [-0.2, -0.15) is 0 Å². The molecule has 0 spiro atoms. The Labute approximate surface area is 87.8 Å². The van der Waals surface area contributed by atoms with Crippen molar-refractivity contribution in [2.45, 2.75) is 32.6 Å². The van der Waals surface area contributed by atoms with Gasteiger partial charge in [-0.1, -0.05) is 24.2 Å². The van der Waals surface area contributed by atoms with E-state index in [-0.39, 0.29) is 4.87 Å². The van der Waals surface area contributed by atoms with Crippen molar-refractivity contribution in [3.63, 3.8) is 0 Å². The Bertz CT molecular complexity index is 347. The average molecular weight is 212 g/mol.